The summed E-state index contributed by atoms with van der Waals surface area (Å²) in [6.45, 7) is 20.0. The fraction of sp³-hybridized carbons (Fsp3) is 0.323. The second-order valence-corrected chi connectivity index (χ2v) is 12.5. The number of rotatable bonds is 4. The van der Waals surface area contributed by atoms with Crippen molar-refractivity contribution in [3.8, 4) is 0 Å². The first kappa shape index (κ1) is 30.0. The van der Waals surface area contributed by atoms with Crippen LogP contribution in [0.5, 0.6) is 0 Å². The molecule has 178 valence electrons. The SMILES string of the molecule is C[C]1[CH][P][C](CP(c2ccccc2C)c2ccccc2C)[C]1C.C[C]1[C](C)[C](C)[C](C)[C]1C.[Fe+2]. The zero-order chi connectivity index (χ0) is 24.3. The summed E-state index contributed by atoms with van der Waals surface area (Å²) in [6, 6.07) is 17.8. The van der Waals surface area contributed by atoms with Gasteiger partial charge in [-0.25, -0.2) is 0 Å². The van der Waals surface area contributed by atoms with E-state index in [0.717, 1.165) is 0 Å². The minimum absolute atomic E-state index is 0. The fourth-order valence-corrected chi connectivity index (χ4v) is 8.68. The predicted molar refractivity (Wildman–Crippen MR) is 150 cm³/mol. The number of aryl methyl sites for hydroxylation is 2. The van der Waals surface area contributed by atoms with Crippen LogP contribution in [0, 0.1) is 67.1 Å². The van der Waals surface area contributed by atoms with Gasteiger partial charge in [0.05, 0.1) is 0 Å². The third kappa shape index (κ3) is 6.77. The van der Waals surface area contributed by atoms with Crippen molar-refractivity contribution in [2.75, 3.05) is 6.16 Å². The van der Waals surface area contributed by atoms with E-state index in [2.05, 4.69) is 117 Å². The van der Waals surface area contributed by atoms with Crippen LogP contribution in [0.3, 0.4) is 0 Å². The first-order valence-corrected chi connectivity index (χ1v) is 14.3. The summed E-state index contributed by atoms with van der Waals surface area (Å²) < 4.78 is 0. The van der Waals surface area contributed by atoms with Gasteiger partial charge in [-0.2, -0.15) is 0 Å². The molecule has 1 aliphatic carbocycles. The zero-order valence-corrected chi connectivity index (χ0v) is 25.0. The number of hydrogen-bond donors (Lipinski definition) is 0. The van der Waals surface area contributed by atoms with Gasteiger partial charge in [-0.3, -0.25) is 0 Å². The minimum atomic E-state index is -0.347. The van der Waals surface area contributed by atoms with Gasteiger partial charge >= 0.3 is 17.1 Å². The Labute approximate surface area is 224 Å². The van der Waals surface area contributed by atoms with Crippen LogP contribution in [0.2, 0.25) is 0 Å². The van der Waals surface area contributed by atoms with Gasteiger partial charge in [0.15, 0.2) is 0 Å². The molecule has 10 radical (unpaired) electrons. The van der Waals surface area contributed by atoms with Gasteiger partial charge in [0, 0.05) is 5.66 Å². The Balaban J connectivity index is 0.000000314. The summed E-state index contributed by atoms with van der Waals surface area (Å²) in [6.07, 6.45) is 3.53. The van der Waals surface area contributed by atoms with Gasteiger partial charge in [-0.15, -0.1) is 0 Å². The van der Waals surface area contributed by atoms with Crippen molar-refractivity contribution in [1.82, 2.24) is 0 Å². The molecule has 0 unspecified atom stereocenters. The molecule has 4 rings (SSSR count). The normalized spacial score (nSPS) is 20.8. The van der Waals surface area contributed by atoms with Gasteiger partial charge < -0.3 is 0 Å². The Kier molecular flexibility index (Phi) is 11.8. The molecule has 0 amide bonds. The van der Waals surface area contributed by atoms with E-state index in [1.165, 1.54) is 77.9 Å². The molecule has 0 bridgehead atoms. The molecule has 34 heavy (non-hydrogen) atoms. The summed E-state index contributed by atoms with van der Waals surface area (Å²) in [5, 5.41) is 3.05. The molecule has 1 aliphatic heterocycles. The average Bonchev–Trinajstić information content (AvgIpc) is 3.21. The Bertz CT molecular complexity index is 806. The van der Waals surface area contributed by atoms with Crippen molar-refractivity contribution in [3.63, 3.8) is 0 Å². The third-order valence-electron chi connectivity index (χ3n) is 7.37. The van der Waals surface area contributed by atoms with Crippen molar-refractivity contribution in [1.29, 1.82) is 0 Å². The quantitative estimate of drug-likeness (QED) is 0.276. The van der Waals surface area contributed by atoms with E-state index in [9.17, 15) is 0 Å². The van der Waals surface area contributed by atoms with Crippen molar-refractivity contribution in [3.05, 3.63) is 113 Å². The Morgan fingerprint density at radius 2 is 0.941 bits per heavy atom. The summed E-state index contributed by atoms with van der Waals surface area (Å²) in [5.74, 6) is 10.3. The standard InChI is InChI=1S/C21H23P2.C10H15.Fe/c1-15-9-5-7-11-20(15)23(21-12-8-6-10-16(21)2)14-19-18(4)17(3)13-22-19;1-6-7(2)9(4)10(5)8(6)3;/h5-13H,14H2,1-4H3;1-5H3;/q;;+2. The second kappa shape index (κ2) is 13.4. The molecule has 0 nitrogen and oxygen atoms in total. The third-order valence-corrected chi connectivity index (χ3v) is 11.7. The first-order valence-electron chi connectivity index (χ1n) is 11.8. The Morgan fingerprint density at radius 1 is 0.559 bits per heavy atom. The molecule has 0 atom stereocenters. The number of hydrogen-bond acceptors (Lipinski definition) is 0. The summed E-state index contributed by atoms with van der Waals surface area (Å²) in [4.78, 5) is 0. The molecule has 3 heteroatoms. The van der Waals surface area contributed by atoms with E-state index in [-0.39, 0.29) is 25.0 Å². The predicted octanol–water partition coefficient (Wildman–Crippen LogP) is 8.55. The van der Waals surface area contributed by atoms with Crippen LogP contribution in [-0.2, 0) is 17.1 Å². The van der Waals surface area contributed by atoms with Gasteiger partial charge in [0.1, 0.15) is 0 Å². The van der Waals surface area contributed by atoms with Crippen LogP contribution in [-0.4, -0.2) is 6.16 Å². The van der Waals surface area contributed by atoms with E-state index in [1.807, 2.05) is 0 Å². The van der Waals surface area contributed by atoms with Gasteiger partial charge in [0.2, 0.25) is 0 Å². The van der Waals surface area contributed by atoms with Crippen LogP contribution in [0.1, 0.15) is 59.6 Å². The molecule has 2 aromatic rings. The van der Waals surface area contributed by atoms with Crippen LogP contribution < -0.4 is 10.6 Å². The summed E-state index contributed by atoms with van der Waals surface area (Å²) in [5.41, 5.74) is 4.43. The summed E-state index contributed by atoms with van der Waals surface area (Å²) in [7, 11) is 1.05. The zero-order valence-electron chi connectivity index (χ0n) is 22.2. The first-order chi connectivity index (χ1) is 15.6. The molecule has 0 aromatic heterocycles. The van der Waals surface area contributed by atoms with Crippen LogP contribution >= 0.6 is 16.5 Å². The van der Waals surface area contributed by atoms with Crippen LogP contribution in [0.15, 0.2) is 48.5 Å². The van der Waals surface area contributed by atoms with E-state index >= 15 is 0 Å². The second-order valence-electron chi connectivity index (χ2n) is 9.30. The van der Waals surface area contributed by atoms with Crippen molar-refractivity contribution in [2.24, 2.45) is 0 Å². The molecule has 1 saturated heterocycles. The van der Waals surface area contributed by atoms with Crippen LogP contribution in [0.4, 0.5) is 0 Å². The van der Waals surface area contributed by atoms with E-state index in [1.54, 1.807) is 5.66 Å². The molecule has 2 aromatic carbocycles. The maximum Gasteiger partial charge on any atom is 2.00 e. The summed E-state index contributed by atoms with van der Waals surface area (Å²) >= 11 is 0. The molecule has 1 heterocycles. The largest absolute Gasteiger partial charge is 2.00 e. The van der Waals surface area contributed by atoms with E-state index in [4.69, 9.17) is 0 Å². The molecule has 2 aliphatic rings. The topological polar surface area (TPSA) is 0 Å². The minimum Gasteiger partial charge on any atom is -0.0673 e. The van der Waals surface area contributed by atoms with Crippen molar-refractivity contribution in [2.45, 2.75) is 62.3 Å². The van der Waals surface area contributed by atoms with Crippen molar-refractivity contribution < 1.29 is 17.1 Å². The molecule has 2 fully saturated rings. The smallest absolute Gasteiger partial charge is 0.0673 e. The van der Waals surface area contributed by atoms with Crippen molar-refractivity contribution >= 4 is 27.1 Å². The molecular formula is C31H38FeP2+2. The van der Waals surface area contributed by atoms with E-state index < -0.39 is 0 Å². The molecular weight excluding hydrogens is 490 g/mol. The molecule has 0 N–H and O–H groups in total. The van der Waals surface area contributed by atoms with Gasteiger partial charge in [0.25, 0.3) is 0 Å². The van der Waals surface area contributed by atoms with Gasteiger partial charge in [-0.1, -0.05) is 106 Å². The monoisotopic (exact) mass is 528 g/mol. The van der Waals surface area contributed by atoms with Gasteiger partial charge in [-0.05, 0) is 97.3 Å². The average molecular weight is 528 g/mol. The van der Waals surface area contributed by atoms with Crippen LogP contribution in [0.25, 0.3) is 0 Å². The maximum atomic E-state index is 2.36. The van der Waals surface area contributed by atoms with E-state index in [0.29, 0.717) is 0 Å². The number of benzene rings is 2. The maximum absolute atomic E-state index is 2.36. The Hall–Kier alpha value is -0.181. The molecule has 1 saturated carbocycles. The Morgan fingerprint density at radius 3 is 1.26 bits per heavy atom. The molecule has 0 spiro atoms. The fourth-order valence-electron chi connectivity index (χ4n) is 4.34.